The molecule has 1 fully saturated rings. The molecule has 0 bridgehead atoms. The molecule has 0 aromatic heterocycles. The minimum atomic E-state index is 0.473. The summed E-state index contributed by atoms with van der Waals surface area (Å²) in [6, 6.07) is 0. The Hall–Kier alpha value is -1.05. The van der Waals surface area contributed by atoms with Crippen molar-refractivity contribution in [1.82, 2.24) is 4.90 Å². The van der Waals surface area contributed by atoms with E-state index in [1.165, 1.54) is 18.5 Å². The molecule has 2 nitrogen and oxygen atoms in total. The van der Waals surface area contributed by atoms with Crippen molar-refractivity contribution < 1.29 is 0 Å². The topological polar surface area (TPSA) is 15.6 Å². The molecular weight excluding hydrogens is 148 g/mol. The predicted molar refractivity (Wildman–Crippen MR) is 48.9 cm³/mol. The SMILES string of the molecule is C1=CCC2CC3N=CCN3C2=C1. The molecule has 2 unspecified atom stereocenters. The summed E-state index contributed by atoms with van der Waals surface area (Å²) in [7, 11) is 0. The van der Waals surface area contributed by atoms with Gasteiger partial charge in [0.1, 0.15) is 6.17 Å². The van der Waals surface area contributed by atoms with E-state index in [1.54, 1.807) is 0 Å². The van der Waals surface area contributed by atoms with E-state index in [9.17, 15) is 0 Å². The molecule has 2 heteroatoms. The maximum Gasteiger partial charge on any atom is 0.121 e. The van der Waals surface area contributed by atoms with E-state index >= 15 is 0 Å². The van der Waals surface area contributed by atoms with E-state index in [0.717, 1.165) is 12.5 Å². The fraction of sp³-hybridized carbons (Fsp3) is 0.500. The minimum absolute atomic E-state index is 0.473. The van der Waals surface area contributed by atoms with Crippen molar-refractivity contribution >= 4 is 6.21 Å². The lowest BCUT2D eigenvalue weighted by molar-refractivity contribution is 0.367. The van der Waals surface area contributed by atoms with Gasteiger partial charge in [-0.25, -0.2) is 0 Å². The molecule has 0 saturated carbocycles. The van der Waals surface area contributed by atoms with E-state index in [0.29, 0.717) is 6.17 Å². The fourth-order valence-electron chi connectivity index (χ4n) is 2.39. The Labute approximate surface area is 72.3 Å². The van der Waals surface area contributed by atoms with Gasteiger partial charge in [-0.15, -0.1) is 0 Å². The van der Waals surface area contributed by atoms with E-state index in [-0.39, 0.29) is 0 Å². The first kappa shape index (κ1) is 6.46. The second-order valence-corrected chi connectivity index (χ2v) is 3.65. The number of aliphatic imine (C=N–C) groups is 1. The molecule has 0 spiro atoms. The van der Waals surface area contributed by atoms with Crippen molar-refractivity contribution in [3.63, 3.8) is 0 Å². The summed E-state index contributed by atoms with van der Waals surface area (Å²) in [5.74, 6) is 0.762. The third-order valence-electron chi connectivity index (χ3n) is 2.98. The van der Waals surface area contributed by atoms with Crippen molar-refractivity contribution in [2.24, 2.45) is 10.9 Å². The molecule has 0 N–H and O–H groups in total. The van der Waals surface area contributed by atoms with E-state index in [1.807, 2.05) is 6.21 Å². The van der Waals surface area contributed by atoms with Crippen LogP contribution in [0.25, 0.3) is 0 Å². The van der Waals surface area contributed by atoms with E-state index < -0.39 is 0 Å². The van der Waals surface area contributed by atoms with Gasteiger partial charge in [0, 0.05) is 17.8 Å². The minimum Gasteiger partial charge on any atom is -0.348 e. The molecular formula is C10H12N2. The Balaban J connectivity index is 1.97. The van der Waals surface area contributed by atoms with Gasteiger partial charge in [-0.1, -0.05) is 12.2 Å². The molecule has 2 heterocycles. The summed E-state index contributed by atoms with van der Waals surface area (Å²) in [5, 5.41) is 0. The number of hydrogen-bond acceptors (Lipinski definition) is 2. The highest BCUT2D eigenvalue weighted by atomic mass is 15.3. The summed E-state index contributed by atoms with van der Waals surface area (Å²) in [6.07, 6.45) is 11.7. The molecule has 3 aliphatic rings. The van der Waals surface area contributed by atoms with Crippen LogP contribution >= 0.6 is 0 Å². The molecule has 1 saturated heterocycles. The smallest absolute Gasteiger partial charge is 0.121 e. The Bertz CT molecular complexity index is 288. The Morgan fingerprint density at radius 3 is 3.50 bits per heavy atom. The normalized spacial score (nSPS) is 36.7. The number of allylic oxidation sites excluding steroid dienone is 4. The molecule has 0 aromatic carbocycles. The standard InChI is InChI=1S/C10H12N2/c1-2-4-9-8(3-1)7-10-11-5-6-12(9)10/h1-2,4-5,8,10H,3,6-7H2. The van der Waals surface area contributed by atoms with Gasteiger partial charge in [0.15, 0.2) is 0 Å². The van der Waals surface area contributed by atoms with Crippen LogP contribution in [0.4, 0.5) is 0 Å². The first-order valence-electron chi connectivity index (χ1n) is 4.60. The number of rotatable bonds is 0. The molecule has 2 atom stereocenters. The van der Waals surface area contributed by atoms with Crippen LogP contribution in [-0.2, 0) is 0 Å². The van der Waals surface area contributed by atoms with Crippen molar-refractivity contribution in [2.75, 3.05) is 6.54 Å². The van der Waals surface area contributed by atoms with Gasteiger partial charge < -0.3 is 4.90 Å². The van der Waals surface area contributed by atoms with Gasteiger partial charge in [-0.2, -0.15) is 0 Å². The summed E-state index contributed by atoms with van der Waals surface area (Å²) in [6.45, 7) is 1.03. The van der Waals surface area contributed by atoms with Crippen molar-refractivity contribution in [3.05, 3.63) is 23.9 Å². The first-order chi connectivity index (χ1) is 5.95. The van der Waals surface area contributed by atoms with Crippen molar-refractivity contribution in [1.29, 1.82) is 0 Å². The van der Waals surface area contributed by atoms with Gasteiger partial charge in [-0.05, 0) is 18.9 Å². The van der Waals surface area contributed by atoms with Gasteiger partial charge in [0.05, 0.1) is 6.54 Å². The largest absolute Gasteiger partial charge is 0.348 e. The van der Waals surface area contributed by atoms with Crippen LogP contribution in [0.5, 0.6) is 0 Å². The van der Waals surface area contributed by atoms with Crippen LogP contribution in [0.2, 0.25) is 0 Å². The maximum atomic E-state index is 4.45. The lowest BCUT2D eigenvalue weighted by Crippen LogP contribution is -2.22. The second-order valence-electron chi connectivity index (χ2n) is 3.65. The summed E-state index contributed by atoms with van der Waals surface area (Å²) in [5.41, 5.74) is 1.51. The quantitative estimate of drug-likeness (QED) is 0.525. The summed E-state index contributed by atoms with van der Waals surface area (Å²) < 4.78 is 0. The monoisotopic (exact) mass is 160 g/mol. The zero-order chi connectivity index (χ0) is 7.97. The van der Waals surface area contributed by atoms with Gasteiger partial charge in [0.2, 0.25) is 0 Å². The zero-order valence-electron chi connectivity index (χ0n) is 6.98. The van der Waals surface area contributed by atoms with Crippen LogP contribution in [0, 0.1) is 5.92 Å². The predicted octanol–water partition coefficient (Wildman–Crippen LogP) is 1.56. The van der Waals surface area contributed by atoms with Crippen LogP contribution in [0.3, 0.4) is 0 Å². The van der Waals surface area contributed by atoms with Crippen LogP contribution in [0.15, 0.2) is 28.9 Å². The van der Waals surface area contributed by atoms with Gasteiger partial charge in [0.25, 0.3) is 0 Å². The highest BCUT2D eigenvalue weighted by Gasteiger charge is 2.36. The van der Waals surface area contributed by atoms with Crippen LogP contribution in [0.1, 0.15) is 12.8 Å². The van der Waals surface area contributed by atoms with Crippen LogP contribution in [-0.4, -0.2) is 23.8 Å². The Morgan fingerprint density at radius 2 is 2.50 bits per heavy atom. The fourth-order valence-corrected chi connectivity index (χ4v) is 2.39. The third-order valence-corrected chi connectivity index (χ3v) is 2.98. The second kappa shape index (κ2) is 2.22. The number of nitrogens with zero attached hydrogens (tertiary/aromatic N) is 2. The Kier molecular flexibility index (Phi) is 1.20. The molecule has 0 amide bonds. The van der Waals surface area contributed by atoms with Crippen LogP contribution < -0.4 is 0 Å². The summed E-state index contributed by atoms with van der Waals surface area (Å²) >= 11 is 0. The first-order valence-corrected chi connectivity index (χ1v) is 4.60. The zero-order valence-corrected chi connectivity index (χ0v) is 6.98. The van der Waals surface area contributed by atoms with E-state index in [2.05, 4.69) is 28.1 Å². The maximum absolute atomic E-state index is 4.45. The van der Waals surface area contributed by atoms with Gasteiger partial charge >= 0.3 is 0 Å². The highest BCUT2D eigenvalue weighted by molar-refractivity contribution is 5.63. The van der Waals surface area contributed by atoms with Crippen molar-refractivity contribution in [2.45, 2.75) is 19.0 Å². The molecule has 2 aliphatic heterocycles. The number of hydrogen-bond donors (Lipinski definition) is 0. The molecule has 1 aliphatic carbocycles. The lowest BCUT2D eigenvalue weighted by atomic mass is 9.96. The molecule has 3 rings (SSSR count). The highest BCUT2D eigenvalue weighted by Crippen LogP contribution is 2.39. The van der Waals surface area contributed by atoms with Gasteiger partial charge in [-0.3, -0.25) is 4.99 Å². The molecule has 0 aromatic rings. The van der Waals surface area contributed by atoms with Crippen molar-refractivity contribution in [3.8, 4) is 0 Å². The molecule has 12 heavy (non-hydrogen) atoms. The summed E-state index contributed by atoms with van der Waals surface area (Å²) in [4.78, 5) is 6.88. The molecule has 62 valence electrons. The Morgan fingerprint density at radius 1 is 1.50 bits per heavy atom. The average molecular weight is 160 g/mol. The third kappa shape index (κ3) is 0.724. The number of fused-ring (bicyclic) bond motifs is 3. The van der Waals surface area contributed by atoms with E-state index in [4.69, 9.17) is 0 Å². The lowest BCUT2D eigenvalue weighted by Gasteiger charge is -2.20. The molecule has 0 radical (unpaired) electrons. The average Bonchev–Trinajstić information content (AvgIpc) is 2.62.